The molecule has 268 valence electrons. The Morgan fingerprint density at radius 3 is 1.40 bits per heavy atom. The molecule has 4 amide bonds. The van der Waals surface area contributed by atoms with Gasteiger partial charge in [-0.2, -0.15) is 0 Å². The number of para-hydroxylation sites is 1. The van der Waals surface area contributed by atoms with Crippen molar-refractivity contribution in [3.8, 4) is 23.0 Å². The van der Waals surface area contributed by atoms with Crippen molar-refractivity contribution in [3.63, 3.8) is 0 Å². The third-order valence-corrected chi connectivity index (χ3v) is 9.75. The number of nitrogens with two attached hydrogens (primary N) is 2. The molecule has 0 unspecified atom stereocenters. The van der Waals surface area contributed by atoms with Gasteiger partial charge in [0.05, 0.1) is 33.6 Å². The van der Waals surface area contributed by atoms with Gasteiger partial charge in [-0.15, -0.1) is 0 Å². The zero-order valence-electron chi connectivity index (χ0n) is 30.4. The quantitative estimate of drug-likeness (QED) is 0.147. The standard InChI is InChI=1S/C43H40N4O6/c1-41(2,26-13-17-28(18-14-26)53-30-20-22-32-34(24-30)40(51)47(39(32)50)43(5,6)45)25-11-15-27(16-12-25)52-29-19-21-31-33(23-29)38(49)46(37(31)48)36-10-8-7-9-35(36)42(3,4)44/h7-24H,44-45H2,1-6H3. The van der Waals surface area contributed by atoms with Gasteiger partial charge < -0.3 is 20.9 Å². The van der Waals surface area contributed by atoms with Gasteiger partial charge in [-0.3, -0.25) is 24.1 Å². The molecule has 0 saturated heterocycles. The predicted molar refractivity (Wildman–Crippen MR) is 202 cm³/mol. The fraction of sp³-hybridized carbons (Fsp3) is 0.209. The van der Waals surface area contributed by atoms with E-state index in [0.717, 1.165) is 16.0 Å². The van der Waals surface area contributed by atoms with E-state index in [0.29, 0.717) is 45.4 Å². The lowest BCUT2D eigenvalue weighted by molar-refractivity contribution is 0.0490. The Balaban J connectivity index is 1.03. The van der Waals surface area contributed by atoms with Crippen molar-refractivity contribution >= 4 is 29.3 Å². The zero-order chi connectivity index (χ0) is 38.0. The van der Waals surface area contributed by atoms with Crippen LogP contribution in [0.3, 0.4) is 0 Å². The van der Waals surface area contributed by atoms with Gasteiger partial charge in [0.1, 0.15) is 23.0 Å². The van der Waals surface area contributed by atoms with Crippen molar-refractivity contribution in [1.82, 2.24) is 4.90 Å². The van der Waals surface area contributed by atoms with Crippen molar-refractivity contribution in [3.05, 3.63) is 148 Å². The summed E-state index contributed by atoms with van der Waals surface area (Å²) >= 11 is 0. The monoisotopic (exact) mass is 708 g/mol. The van der Waals surface area contributed by atoms with Crippen molar-refractivity contribution in [1.29, 1.82) is 0 Å². The number of rotatable bonds is 9. The number of anilines is 1. The Kier molecular flexibility index (Phi) is 8.35. The van der Waals surface area contributed by atoms with Crippen LogP contribution in [0.15, 0.2) is 109 Å². The summed E-state index contributed by atoms with van der Waals surface area (Å²) in [7, 11) is 0. The van der Waals surface area contributed by atoms with E-state index in [9.17, 15) is 19.2 Å². The Labute approximate surface area is 307 Å². The van der Waals surface area contributed by atoms with Gasteiger partial charge in [0.25, 0.3) is 23.6 Å². The van der Waals surface area contributed by atoms with Gasteiger partial charge in [-0.25, -0.2) is 4.90 Å². The average molecular weight is 709 g/mol. The number of hydrogen-bond donors (Lipinski definition) is 2. The number of amides is 4. The maximum absolute atomic E-state index is 13.6. The first-order valence-electron chi connectivity index (χ1n) is 17.2. The van der Waals surface area contributed by atoms with Crippen LogP contribution >= 0.6 is 0 Å². The number of fused-ring (bicyclic) bond motifs is 2. The highest BCUT2D eigenvalue weighted by Crippen LogP contribution is 2.38. The van der Waals surface area contributed by atoms with Crippen LogP contribution in [0.1, 0.15) is 99.7 Å². The lowest BCUT2D eigenvalue weighted by Gasteiger charge is -2.29. The molecule has 5 aromatic rings. The highest BCUT2D eigenvalue weighted by Gasteiger charge is 2.43. The van der Waals surface area contributed by atoms with Gasteiger partial charge in [0.15, 0.2) is 0 Å². The molecule has 2 heterocycles. The van der Waals surface area contributed by atoms with Crippen LogP contribution in [-0.4, -0.2) is 34.2 Å². The maximum atomic E-state index is 13.6. The molecular weight excluding hydrogens is 668 g/mol. The van der Waals surface area contributed by atoms with Gasteiger partial charge in [-0.1, -0.05) is 56.3 Å². The molecule has 0 aliphatic carbocycles. The van der Waals surface area contributed by atoms with Crippen LogP contribution in [0.2, 0.25) is 0 Å². The van der Waals surface area contributed by atoms with E-state index in [-0.39, 0.29) is 16.5 Å². The van der Waals surface area contributed by atoms with Gasteiger partial charge >= 0.3 is 0 Å². The Hall–Kier alpha value is -6.10. The fourth-order valence-corrected chi connectivity index (χ4v) is 6.84. The summed E-state index contributed by atoms with van der Waals surface area (Å²) in [5.41, 5.74) is 14.5. The number of nitrogens with zero attached hydrogens (tertiary/aromatic N) is 2. The summed E-state index contributed by atoms with van der Waals surface area (Å²) in [4.78, 5) is 54.9. The summed E-state index contributed by atoms with van der Waals surface area (Å²) in [6, 6.07) is 32.3. The maximum Gasteiger partial charge on any atom is 0.266 e. The van der Waals surface area contributed by atoms with Crippen LogP contribution in [0.4, 0.5) is 5.69 Å². The van der Waals surface area contributed by atoms with Crippen LogP contribution in [0.5, 0.6) is 23.0 Å². The minimum atomic E-state index is -1.13. The molecule has 0 atom stereocenters. The lowest BCUT2D eigenvalue weighted by atomic mass is 9.78. The number of benzene rings is 5. The first-order valence-corrected chi connectivity index (χ1v) is 17.2. The second kappa shape index (κ2) is 12.5. The van der Waals surface area contributed by atoms with Crippen LogP contribution in [-0.2, 0) is 11.0 Å². The van der Waals surface area contributed by atoms with Crippen molar-refractivity contribution in [2.24, 2.45) is 11.5 Å². The first kappa shape index (κ1) is 35.3. The molecule has 10 heteroatoms. The van der Waals surface area contributed by atoms with Gasteiger partial charge in [0.2, 0.25) is 0 Å². The summed E-state index contributed by atoms with van der Waals surface area (Å²) in [6.07, 6.45) is 0. The molecule has 0 spiro atoms. The van der Waals surface area contributed by atoms with E-state index in [1.54, 1.807) is 62.4 Å². The molecule has 0 saturated carbocycles. The number of hydrogen-bond acceptors (Lipinski definition) is 8. The average Bonchev–Trinajstić information content (AvgIpc) is 3.51. The molecule has 7 rings (SSSR count). The molecule has 4 N–H and O–H groups in total. The second-order valence-electron chi connectivity index (χ2n) is 15.1. The molecule has 53 heavy (non-hydrogen) atoms. The molecule has 0 bridgehead atoms. The minimum absolute atomic E-state index is 0.260. The minimum Gasteiger partial charge on any atom is -0.457 e. The van der Waals surface area contributed by atoms with E-state index in [1.807, 2.05) is 74.5 Å². The predicted octanol–water partition coefficient (Wildman–Crippen LogP) is 7.88. The highest BCUT2D eigenvalue weighted by molar-refractivity contribution is 6.34. The topological polar surface area (TPSA) is 145 Å². The number of carbonyl (C=O) groups is 4. The summed E-state index contributed by atoms with van der Waals surface area (Å²) < 4.78 is 12.2. The Morgan fingerprint density at radius 2 is 0.906 bits per heavy atom. The van der Waals surface area contributed by atoms with E-state index in [4.69, 9.17) is 20.9 Å². The van der Waals surface area contributed by atoms with Crippen LogP contribution in [0.25, 0.3) is 0 Å². The SMILES string of the molecule is CC(C)(N)c1ccccc1N1C(=O)c2ccc(Oc3ccc(C(C)(C)c4ccc(Oc5ccc6c(c5)C(=O)N(C(C)(C)N)C6=O)cc4)cc3)cc2C1=O. The van der Waals surface area contributed by atoms with Crippen molar-refractivity contribution in [2.45, 2.75) is 58.2 Å². The Bertz CT molecular complexity index is 2320. The molecular formula is C43H40N4O6. The molecule has 0 aromatic heterocycles. The van der Waals surface area contributed by atoms with E-state index >= 15 is 0 Å². The number of imide groups is 2. The molecule has 0 fully saturated rings. The fourth-order valence-electron chi connectivity index (χ4n) is 6.84. The third-order valence-electron chi connectivity index (χ3n) is 9.75. The van der Waals surface area contributed by atoms with Gasteiger partial charge in [0, 0.05) is 11.0 Å². The largest absolute Gasteiger partial charge is 0.457 e. The van der Waals surface area contributed by atoms with Crippen molar-refractivity contribution < 1.29 is 28.7 Å². The van der Waals surface area contributed by atoms with Crippen LogP contribution in [0, 0.1) is 0 Å². The molecule has 2 aliphatic rings. The Morgan fingerprint density at radius 1 is 0.491 bits per heavy atom. The van der Waals surface area contributed by atoms with E-state index < -0.39 is 34.8 Å². The first-order chi connectivity index (χ1) is 24.9. The second-order valence-corrected chi connectivity index (χ2v) is 15.1. The normalized spacial score (nSPS) is 14.5. The lowest BCUT2D eigenvalue weighted by Crippen LogP contribution is -2.53. The van der Waals surface area contributed by atoms with Gasteiger partial charge in [-0.05, 0) is 111 Å². The van der Waals surface area contributed by atoms with Crippen LogP contribution < -0.4 is 25.8 Å². The molecule has 0 radical (unpaired) electrons. The molecule has 5 aromatic carbocycles. The summed E-state index contributed by atoms with van der Waals surface area (Å²) in [5, 5.41) is 0. The zero-order valence-corrected chi connectivity index (χ0v) is 30.4. The summed E-state index contributed by atoms with van der Waals surface area (Å²) in [5.74, 6) is 0.313. The van der Waals surface area contributed by atoms with E-state index in [1.165, 1.54) is 4.90 Å². The molecule has 2 aliphatic heterocycles. The summed E-state index contributed by atoms with van der Waals surface area (Å²) in [6.45, 7) is 11.1. The number of ether oxygens (including phenoxy) is 2. The van der Waals surface area contributed by atoms with E-state index in [2.05, 4.69) is 13.8 Å². The smallest absolute Gasteiger partial charge is 0.266 e. The van der Waals surface area contributed by atoms with Crippen molar-refractivity contribution in [2.75, 3.05) is 4.90 Å². The number of carbonyl (C=O) groups excluding carboxylic acids is 4. The highest BCUT2D eigenvalue weighted by atomic mass is 16.5. The molecule has 10 nitrogen and oxygen atoms in total. The third kappa shape index (κ3) is 6.26.